The molecule has 0 aliphatic rings. The lowest BCUT2D eigenvalue weighted by Crippen LogP contribution is -2.20. The normalized spacial score (nSPS) is 10.6. The number of halogens is 1. The maximum atomic E-state index is 12.4. The summed E-state index contributed by atoms with van der Waals surface area (Å²) in [5.41, 5.74) is 2.83. The van der Waals surface area contributed by atoms with Gasteiger partial charge in [0, 0.05) is 12.3 Å². The summed E-state index contributed by atoms with van der Waals surface area (Å²) in [4.78, 5) is 29.2. The van der Waals surface area contributed by atoms with E-state index in [0.717, 1.165) is 5.56 Å². The van der Waals surface area contributed by atoms with Crippen LogP contribution in [-0.4, -0.2) is 15.4 Å². The van der Waals surface area contributed by atoms with E-state index in [1.807, 2.05) is 19.1 Å². The third-order valence-corrected chi connectivity index (χ3v) is 4.84. The van der Waals surface area contributed by atoms with Crippen LogP contribution in [-0.2, 0) is 6.61 Å². The number of aromatic nitrogens is 2. The molecule has 0 aliphatic carbocycles. The number of hydrogen-bond donors (Lipinski definition) is 2. The van der Waals surface area contributed by atoms with Gasteiger partial charge >= 0.3 is 6.03 Å². The summed E-state index contributed by atoms with van der Waals surface area (Å²) in [5.74, 6) is 0.447. The van der Waals surface area contributed by atoms with Crippen molar-refractivity contribution in [3.8, 4) is 5.75 Å². The van der Waals surface area contributed by atoms with Crippen LogP contribution in [0.25, 0.3) is 5.65 Å². The van der Waals surface area contributed by atoms with E-state index in [0.29, 0.717) is 33.5 Å². The molecular weight excluding hydrogens is 416 g/mol. The molecule has 0 bridgehead atoms. The molecule has 7 nitrogen and oxygen atoms in total. The van der Waals surface area contributed by atoms with Crippen molar-refractivity contribution in [2.75, 3.05) is 10.6 Å². The molecule has 2 amide bonds. The van der Waals surface area contributed by atoms with Gasteiger partial charge in [-0.05, 0) is 48.9 Å². The van der Waals surface area contributed by atoms with Crippen molar-refractivity contribution in [2.24, 2.45) is 0 Å². The predicted molar refractivity (Wildman–Crippen MR) is 121 cm³/mol. The summed E-state index contributed by atoms with van der Waals surface area (Å²) in [6, 6.07) is 18.6. The second-order valence-electron chi connectivity index (χ2n) is 6.86. The molecule has 4 rings (SSSR count). The van der Waals surface area contributed by atoms with Gasteiger partial charge in [0.05, 0.1) is 22.1 Å². The number of pyridine rings is 1. The Bertz CT molecular complexity index is 1320. The Balaban J connectivity index is 1.49. The molecule has 0 unspecified atom stereocenters. The number of urea groups is 1. The van der Waals surface area contributed by atoms with E-state index in [4.69, 9.17) is 16.3 Å². The summed E-state index contributed by atoms with van der Waals surface area (Å²) < 4.78 is 7.33. The number of amides is 2. The van der Waals surface area contributed by atoms with E-state index in [1.165, 1.54) is 10.5 Å². The highest BCUT2D eigenvalue weighted by Gasteiger charge is 2.10. The van der Waals surface area contributed by atoms with Gasteiger partial charge in [-0.2, -0.15) is 0 Å². The van der Waals surface area contributed by atoms with Crippen LogP contribution < -0.4 is 20.9 Å². The molecule has 2 aromatic heterocycles. The van der Waals surface area contributed by atoms with Gasteiger partial charge in [0.2, 0.25) is 0 Å². The Morgan fingerprint density at radius 1 is 1.03 bits per heavy atom. The van der Waals surface area contributed by atoms with Crippen molar-refractivity contribution in [3.63, 3.8) is 0 Å². The Morgan fingerprint density at radius 2 is 1.74 bits per heavy atom. The summed E-state index contributed by atoms with van der Waals surface area (Å²) >= 11 is 6.08. The minimum Gasteiger partial charge on any atom is -0.485 e. The summed E-state index contributed by atoms with van der Waals surface area (Å²) in [6.45, 7) is 2.01. The van der Waals surface area contributed by atoms with Crippen molar-refractivity contribution in [1.29, 1.82) is 0 Å². The van der Waals surface area contributed by atoms with Gasteiger partial charge in [0.1, 0.15) is 18.0 Å². The lowest BCUT2D eigenvalue weighted by molar-refractivity contribution is 0.261. The Labute approximate surface area is 183 Å². The van der Waals surface area contributed by atoms with E-state index in [9.17, 15) is 9.59 Å². The lowest BCUT2D eigenvalue weighted by atomic mass is 10.3. The third kappa shape index (κ3) is 4.84. The molecule has 8 heteroatoms. The highest BCUT2D eigenvalue weighted by molar-refractivity contribution is 6.33. The zero-order valence-electron chi connectivity index (χ0n) is 16.6. The van der Waals surface area contributed by atoms with E-state index in [2.05, 4.69) is 15.6 Å². The first-order valence-electron chi connectivity index (χ1n) is 9.53. The lowest BCUT2D eigenvalue weighted by Gasteiger charge is -2.13. The van der Waals surface area contributed by atoms with Crippen molar-refractivity contribution in [2.45, 2.75) is 13.5 Å². The maximum Gasteiger partial charge on any atom is 0.323 e. The van der Waals surface area contributed by atoms with Gasteiger partial charge in [-0.25, -0.2) is 9.78 Å². The highest BCUT2D eigenvalue weighted by Crippen LogP contribution is 2.26. The Kier molecular flexibility index (Phi) is 5.86. The largest absolute Gasteiger partial charge is 0.485 e. The molecule has 2 N–H and O–H groups in total. The van der Waals surface area contributed by atoms with Gasteiger partial charge < -0.3 is 15.4 Å². The highest BCUT2D eigenvalue weighted by atomic mass is 35.5. The van der Waals surface area contributed by atoms with Crippen LogP contribution >= 0.6 is 11.6 Å². The van der Waals surface area contributed by atoms with Gasteiger partial charge in [0.15, 0.2) is 0 Å². The minimum atomic E-state index is -0.457. The fourth-order valence-corrected chi connectivity index (χ4v) is 3.20. The number of para-hydroxylation sites is 3. The van der Waals surface area contributed by atoms with E-state index >= 15 is 0 Å². The van der Waals surface area contributed by atoms with Crippen molar-refractivity contribution >= 4 is 34.7 Å². The molecule has 2 aromatic carbocycles. The molecule has 0 fully saturated rings. The van der Waals surface area contributed by atoms with E-state index < -0.39 is 6.03 Å². The minimum absolute atomic E-state index is 0.0739. The molecule has 2 heterocycles. The number of rotatable bonds is 5. The van der Waals surface area contributed by atoms with E-state index in [-0.39, 0.29) is 12.2 Å². The van der Waals surface area contributed by atoms with Gasteiger partial charge in [-0.15, -0.1) is 0 Å². The summed E-state index contributed by atoms with van der Waals surface area (Å²) in [6.07, 6.45) is 1.70. The van der Waals surface area contributed by atoms with Gasteiger partial charge in [-0.3, -0.25) is 9.20 Å². The number of aryl methyl sites for hydroxylation is 1. The molecule has 0 radical (unpaired) electrons. The monoisotopic (exact) mass is 434 g/mol. The Morgan fingerprint density at radius 3 is 2.55 bits per heavy atom. The second kappa shape index (κ2) is 8.89. The summed E-state index contributed by atoms with van der Waals surface area (Å²) in [7, 11) is 0. The first-order chi connectivity index (χ1) is 15.0. The number of ether oxygens (including phenoxy) is 1. The maximum absolute atomic E-state index is 12.4. The molecule has 0 saturated heterocycles. The molecule has 0 saturated carbocycles. The first kappa shape index (κ1) is 20.4. The molecular formula is C23H19ClN4O3. The van der Waals surface area contributed by atoms with Crippen molar-refractivity contribution in [3.05, 3.63) is 99.6 Å². The summed E-state index contributed by atoms with van der Waals surface area (Å²) in [5, 5.41) is 5.89. The molecule has 156 valence electrons. The zero-order valence-corrected chi connectivity index (χ0v) is 17.4. The smallest absolute Gasteiger partial charge is 0.323 e. The Hall–Kier alpha value is -3.84. The van der Waals surface area contributed by atoms with Crippen LogP contribution in [0, 0.1) is 6.92 Å². The second-order valence-corrected chi connectivity index (χ2v) is 7.27. The molecule has 0 aliphatic heterocycles. The molecule has 0 atom stereocenters. The average Bonchev–Trinajstić information content (AvgIpc) is 2.74. The first-order valence-corrected chi connectivity index (χ1v) is 9.91. The topological polar surface area (TPSA) is 84.7 Å². The fraction of sp³-hybridized carbons (Fsp3) is 0.0870. The number of fused-ring (bicyclic) bond motifs is 1. The fourth-order valence-electron chi connectivity index (χ4n) is 3.01. The van der Waals surface area contributed by atoms with Crippen LogP contribution in [0.5, 0.6) is 5.75 Å². The predicted octanol–water partition coefficient (Wildman–Crippen LogP) is 4.88. The van der Waals surface area contributed by atoms with Crippen LogP contribution in [0.4, 0.5) is 16.2 Å². The van der Waals surface area contributed by atoms with Crippen LogP contribution in [0.3, 0.4) is 0 Å². The quantitative estimate of drug-likeness (QED) is 0.469. The number of carbonyl (C=O) groups is 1. The number of nitrogens with one attached hydrogen (secondary N) is 2. The molecule has 31 heavy (non-hydrogen) atoms. The van der Waals surface area contributed by atoms with Gasteiger partial charge in [-0.1, -0.05) is 35.9 Å². The number of benzene rings is 2. The number of carbonyl (C=O) groups excluding carboxylic acids is 1. The van der Waals surface area contributed by atoms with Crippen LogP contribution in [0.1, 0.15) is 11.3 Å². The van der Waals surface area contributed by atoms with E-state index in [1.54, 1.807) is 54.7 Å². The number of nitrogens with zero attached hydrogens (tertiary/aromatic N) is 2. The van der Waals surface area contributed by atoms with Crippen LogP contribution in [0.2, 0.25) is 5.02 Å². The molecule has 0 spiro atoms. The van der Waals surface area contributed by atoms with Gasteiger partial charge in [0.25, 0.3) is 5.56 Å². The standard InChI is InChI=1S/C23H19ClN4O3/c1-15-10-11-28-21(12-15)25-16(13-22(28)29)14-31-20-9-5-4-8-19(20)27-23(30)26-18-7-3-2-6-17(18)24/h2-13H,14H2,1H3,(H2,26,27,30). The number of anilines is 2. The van der Waals surface area contributed by atoms with Crippen molar-refractivity contribution < 1.29 is 9.53 Å². The zero-order chi connectivity index (χ0) is 21.8. The third-order valence-electron chi connectivity index (χ3n) is 4.51. The number of hydrogen-bond acceptors (Lipinski definition) is 4. The average molecular weight is 435 g/mol. The van der Waals surface area contributed by atoms with Crippen LogP contribution in [0.15, 0.2) is 77.7 Å². The SMILES string of the molecule is Cc1ccn2c(=O)cc(COc3ccccc3NC(=O)Nc3ccccc3Cl)nc2c1. The molecule has 4 aromatic rings. The van der Waals surface area contributed by atoms with Crippen molar-refractivity contribution in [1.82, 2.24) is 9.38 Å².